The van der Waals surface area contributed by atoms with Crippen LogP contribution >= 0.6 is 0 Å². The summed E-state index contributed by atoms with van der Waals surface area (Å²) < 4.78 is 11.4. The zero-order valence-electron chi connectivity index (χ0n) is 12.9. The van der Waals surface area contributed by atoms with Gasteiger partial charge >= 0.3 is 0 Å². The first kappa shape index (κ1) is 14.6. The lowest BCUT2D eigenvalue weighted by atomic mass is 10.1. The quantitative estimate of drug-likeness (QED) is 0.792. The van der Waals surface area contributed by atoms with Crippen molar-refractivity contribution in [3.8, 4) is 17.2 Å². The van der Waals surface area contributed by atoms with Gasteiger partial charge in [0.05, 0.1) is 19.4 Å². The number of aromatic hydroxyl groups is 1. The zero-order chi connectivity index (χ0) is 16.4. The number of aromatic nitrogens is 3. The highest BCUT2D eigenvalue weighted by molar-refractivity contribution is 5.85. The summed E-state index contributed by atoms with van der Waals surface area (Å²) in [4.78, 5) is 2.08. The molecule has 1 aliphatic heterocycles. The van der Waals surface area contributed by atoms with Crippen molar-refractivity contribution in [1.82, 2.24) is 15.4 Å². The highest BCUT2D eigenvalue weighted by Crippen LogP contribution is 2.31. The van der Waals surface area contributed by atoms with Gasteiger partial charge in [-0.2, -0.15) is 0 Å². The van der Waals surface area contributed by atoms with E-state index in [4.69, 9.17) is 9.47 Å². The van der Waals surface area contributed by atoms with Gasteiger partial charge in [-0.25, -0.2) is 0 Å². The molecule has 1 N–H and O–H groups in total. The average Bonchev–Trinajstić information content (AvgIpc) is 2.63. The minimum Gasteiger partial charge on any atom is -0.508 e. The fraction of sp³-hybridized carbons (Fsp3) is 0.235. The molecular formula is C17H16N4O3. The smallest absolute Gasteiger partial charge is 0.198 e. The molecule has 3 aromatic rings. The lowest BCUT2D eigenvalue weighted by molar-refractivity contribution is 0.122. The van der Waals surface area contributed by atoms with Gasteiger partial charge in [-0.05, 0) is 40.3 Å². The zero-order valence-corrected chi connectivity index (χ0v) is 12.9. The van der Waals surface area contributed by atoms with Crippen molar-refractivity contribution in [2.45, 2.75) is 0 Å². The van der Waals surface area contributed by atoms with Crippen molar-refractivity contribution in [1.29, 1.82) is 0 Å². The molecule has 0 unspecified atom stereocenters. The average molecular weight is 324 g/mol. The van der Waals surface area contributed by atoms with Crippen LogP contribution in [0.4, 0.5) is 5.82 Å². The predicted octanol–water partition coefficient (Wildman–Crippen LogP) is 2.36. The van der Waals surface area contributed by atoms with Crippen LogP contribution in [0.25, 0.3) is 10.8 Å². The van der Waals surface area contributed by atoms with E-state index in [9.17, 15) is 5.11 Å². The van der Waals surface area contributed by atoms with Crippen molar-refractivity contribution in [2.75, 3.05) is 31.2 Å². The van der Waals surface area contributed by atoms with Gasteiger partial charge < -0.3 is 19.5 Å². The molecular weight excluding hydrogens is 308 g/mol. The van der Waals surface area contributed by atoms with Gasteiger partial charge in [0.1, 0.15) is 11.5 Å². The Morgan fingerprint density at radius 1 is 1.04 bits per heavy atom. The molecule has 0 bridgehead atoms. The van der Waals surface area contributed by atoms with Gasteiger partial charge in [0, 0.05) is 13.1 Å². The number of hydrogen-bond acceptors (Lipinski definition) is 7. The SMILES string of the molecule is Oc1ccc2cc(Oc3cnnnc3N3CCOCC3)ccc2c1. The minimum absolute atomic E-state index is 0.244. The van der Waals surface area contributed by atoms with Crippen LogP contribution < -0.4 is 9.64 Å². The summed E-state index contributed by atoms with van der Waals surface area (Å²) in [6.45, 7) is 2.80. The fourth-order valence-corrected chi connectivity index (χ4v) is 2.72. The van der Waals surface area contributed by atoms with Crippen LogP contribution in [-0.4, -0.2) is 46.8 Å². The molecule has 122 valence electrons. The maximum absolute atomic E-state index is 9.54. The Hall–Kier alpha value is -2.93. The molecule has 1 fully saturated rings. The van der Waals surface area contributed by atoms with Gasteiger partial charge in [-0.3, -0.25) is 0 Å². The van der Waals surface area contributed by atoms with Crippen LogP contribution in [0.5, 0.6) is 17.2 Å². The van der Waals surface area contributed by atoms with Crippen molar-refractivity contribution in [2.24, 2.45) is 0 Å². The molecule has 1 aromatic heterocycles. The van der Waals surface area contributed by atoms with E-state index < -0.39 is 0 Å². The van der Waals surface area contributed by atoms with Crippen molar-refractivity contribution in [3.05, 3.63) is 42.6 Å². The van der Waals surface area contributed by atoms with E-state index in [0.29, 0.717) is 30.5 Å². The third kappa shape index (κ3) is 2.93. The number of anilines is 1. The maximum atomic E-state index is 9.54. The molecule has 0 atom stereocenters. The standard InChI is InChI=1S/C17H16N4O3/c22-14-3-1-13-10-15(4-2-12(13)9-14)24-16-11-18-20-19-17(16)21-5-7-23-8-6-21/h1-4,9-11,22H,5-8H2. The van der Waals surface area contributed by atoms with Gasteiger partial charge in [0.2, 0.25) is 0 Å². The van der Waals surface area contributed by atoms with Crippen LogP contribution in [0.2, 0.25) is 0 Å². The first-order chi connectivity index (χ1) is 11.8. The molecule has 1 aliphatic rings. The van der Waals surface area contributed by atoms with Crippen LogP contribution in [0.1, 0.15) is 0 Å². The number of rotatable bonds is 3. The molecule has 0 spiro atoms. The highest BCUT2D eigenvalue weighted by Gasteiger charge is 2.18. The third-order valence-corrected chi connectivity index (χ3v) is 3.92. The number of morpholine rings is 1. The topological polar surface area (TPSA) is 80.6 Å². The van der Waals surface area contributed by atoms with E-state index in [0.717, 1.165) is 23.9 Å². The Morgan fingerprint density at radius 3 is 2.71 bits per heavy atom. The normalized spacial score (nSPS) is 14.8. The number of phenols is 1. The summed E-state index contributed by atoms with van der Waals surface area (Å²) in [5, 5.41) is 23.2. The van der Waals surface area contributed by atoms with E-state index >= 15 is 0 Å². The van der Waals surface area contributed by atoms with Gasteiger partial charge in [0.15, 0.2) is 11.6 Å². The van der Waals surface area contributed by atoms with Crippen LogP contribution in [-0.2, 0) is 4.74 Å². The van der Waals surface area contributed by atoms with Gasteiger partial charge in [0.25, 0.3) is 0 Å². The molecule has 0 saturated carbocycles. The first-order valence-electron chi connectivity index (χ1n) is 7.71. The van der Waals surface area contributed by atoms with E-state index in [-0.39, 0.29) is 5.75 Å². The number of nitrogens with zero attached hydrogens (tertiary/aromatic N) is 4. The number of benzene rings is 2. The van der Waals surface area contributed by atoms with Crippen molar-refractivity contribution >= 4 is 16.6 Å². The number of phenolic OH excluding ortho intramolecular Hbond substituents is 1. The maximum Gasteiger partial charge on any atom is 0.198 e. The van der Waals surface area contributed by atoms with Crippen molar-refractivity contribution < 1.29 is 14.6 Å². The van der Waals surface area contributed by atoms with E-state index in [2.05, 4.69) is 20.3 Å². The second kappa shape index (κ2) is 6.29. The number of hydrogen-bond donors (Lipinski definition) is 1. The fourth-order valence-electron chi connectivity index (χ4n) is 2.72. The van der Waals surface area contributed by atoms with E-state index in [1.807, 2.05) is 24.3 Å². The van der Waals surface area contributed by atoms with E-state index in [1.165, 1.54) is 0 Å². The second-order valence-corrected chi connectivity index (χ2v) is 5.52. The van der Waals surface area contributed by atoms with Gasteiger partial charge in [-0.15, -0.1) is 10.2 Å². The van der Waals surface area contributed by atoms with Crippen LogP contribution in [0.15, 0.2) is 42.6 Å². The third-order valence-electron chi connectivity index (χ3n) is 3.92. The summed E-state index contributed by atoms with van der Waals surface area (Å²) in [6, 6.07) is 10.9. The summed E-state index contributed by atoms with van der Waals surface area (Å²) in [7, 11) is 0. The number of fused-ring (bicyclic) bond motifs is 1. The molecule has 0 amide bonds. The first-order valence-corrected chi connectivity index (χ1v) is 7.71. The molecule has 24 heavy (non-hydrogen) atoms. The Bertz CT molecular complexity index is 865. The molecule has 2 aromatic carbocycles. The Labute approximate surface area is 138 Å². The molecule has 0 aliphatic carbocycles. The molecule has 1 saturated heterocycles. The molecule has 7 nitrogen and oxygen atoms in total. The summed E-state index contributed by atoms with van der Waals surface area (Å²) in [5.41, 5.74) is 0. The monoisotopic (exact) mass is 324 g/mol. The van der Waals surface area contributed by atoms with E-state index in [1.54, 1.807) is 18.3 Å². The lowest BCUT2D eigenvalue weighted by Gasteiger charge is -2.28. The van der Waals surface area contributed by atoms with Crippen LogP contribution in [0.3, 0.4) is 0 Å². The molecule has 4 rings (SSSR count). The lowest BCUT2D eigenvalue weighted by Crippen LogP contribution is -2.37. The summed E-state index contributed by atoms with van der Waals surface area (Å²) in [5.74, 6) is 2.15. The highest BCUT2D eigenvalue weighted by atomic mass is 16.5. The van der Waals surface area contributed by atoms with Crippen LogP contribution in [0, 0.1) is 0 Å². The predicted molar refractivity (Wildman–Crippen MR) is 88.5 cm³/mol. The number of ether oxygens (including phenoxy) is 2. The second-order valence-electron chi connectivity index (χ2n) is 5.52. The van der Waals surface area contributed by atoms with Gasteiger partial charge in [-0.1, -0.05) is 12.1 Å². The largest absolute Gasteiger partial charge is 0.508 e. The minimum atomic E-state index is 0.244. The molecule has 7 heteroatoms. The molecule has 0 radical (unpaired) electrons. The summed E-state index contributed by atoms with van der Waals surface area (Å²) in [6.07, 6.45) is 1.57. The Morgan fingerprint density at radius 2 is 1.83 bits per heavy atom. The Balaban J connectivity index is 1.64. The summed E-state index contributed by atoms with van der Waals surface area (Å²) >= 11 is 0. The van der Waals surface area contributed by atoms with Crippen molar-refractivity contribution in [3.63, 3.8) is 0 Å². The molecule has 2 heterocycles. The Kier molecular flexibility index (Phi) is 3.84.